The summed E-state index contributed by atoms with van der Waals surface area (Å²) in [6.45, 7) is 2.03. The number of halogens is 1. The average Bonchev–Trinajstić information content (AvgIpc) is 2.41. The van der Waals surface area contributed by atoms with Crippen LogP contribution in [0.2, 0.25) is 0 Å². The molecule has 0 saturated carbocycles. The van der Waals surface area contributed by atoms with E-state index in [9.17, 15) is 4.39 Å². The number of hydrogen-bond donors (Lipinski definition) is 0. The standard InChI is InChI=1S/C15H11FN2/c1-10-4-6-12(13-3-2-8-17-15(10)13)14-7-5-11(16)9-18-14/h2-9H,1H3. The normalized spacial score (nSPS) is 10.8. The quantitative estimate of drug-likeness (QED) is 0.645. The number of hydrogen-bond acceptors (Lipinski definition) is 2. The van der Waals surface area contributed by atoms with Gasteiger partial charge in [-0.2, -0.15) is 0 Å². The van der Waals surface area contributed by atoms with E-state index in [0.29, 0.717) is 0 Å². The van der Waals surface area contributed by atoms with Crippen LogP contribution in [0.4, 0.5) is 4.39 Å². The third-order valence-corrected chi connectivity index (χ3v) is 2.97. The van der Waals surface area contributed by atoms with Gasteiger partial charge < -0.3 is 0 Å². The van der Waals surface area contributed by atoms with Gasteiger partial charge in [-0.05, 0) is 30.7 Å². The van der Waals surface area contributed by atoms with Crippen molar-refractivity contribution in [3.63, 3.8) is 0 Å². The number of rotatable bonds is 1. The van der Waals surface area contributed by atoms with Crippen molar-refractivity contribution in [2.75, 3.05) is 0 Å². The molecule has 0 N–H and O–H groups in total. The van der Waals surface area contributed by atoms with E-state index in [2.05, 4.69) is 9.97 Å². The second kappa shape index (κ2) is 4.18. The molecule has 1 aromatic carbocycles. The van der Waals surface area contributed by atoms with Gasteiger partial charge in [0, 0.05) is 17.1 Å². The molecule has 0 saturated heterocycles. The van der Waals surface area contributed by atoms with Crippen molar-refractivity contribution in [1.29, 1.82) is 0 Å². The highest BCUT2D eigenvalue weighted by molar-refractivity contribution is 5.95. The fourth-order valence-corrected chi connectivity index (χ4v) is 2.07. The summed E-state index contributed by atoms with van der Waals surface area (Å²) in [4.78, 5) is 8.51. The van der Waals surface area contributed by atoms with Gasteiger partial charge in [-0.25, -0.2) is 4.39 Å². The lowest BCUT2D eigenvalue weighted by Crippen LogP contribution is -1.89. The number of pyridine rings is 2. The molecule has 3 heteroatoms. The van der Waals surface area contributed by atoms with Crippen molar-refractivity contribution < 1.29 is 4.39 Å². The van der Waals surface area contributed by atoms with Crippen LogP contribution in [-0.2, 0) is 0 Å². The molecule has 2 aromatic heterocycles. The molecule has 0 unspecified atom stereocenters. The van der Waals surface area contributed by atoms with E-state index in [1.54, 1.807) is 12.3 Å². The number of fused-ring (bicyclic) bond motifs is 1. The van der Waals surface area contributed by atoms with Crippen LogP contribution >= 0.6 is 0 Å². The zero-order valence-corrected chi connectivity index (χ0v) is 9.89. The topological polar surface area (TPSA) is 25.8 Å². The van der Waals surface area contributed by atoms with Crippen LogP contribution in [0.3, 0.4) is 0 Å². The minimum absolute atomic E-state index is 0.326. The number of aryl methyl sites for hydroxylation is 1. The Morgan fingerprint density at radius 1 is 1.00 bits per heavy atom. The maximum absolute atomic E-state index is 12.9. The van der Waals surface area contributed by atoms with Gasteiger partial charge in [0.15, 0.2) is 0 Å². The molecule has 0 radical (unpaired) electrons. The molecule has 3 aromatic rings. The van der Waals surface area contributed by atoms with E-state index >= 15 is 0 Å². The van der Waals surface area contributed by atoms with Crippen molar-refractivity contribution in [2.45, 2.75) is 6.92 Å². The Morgan fingerprint density at radius 3 is 2.67 bits per heavy atom. The molecule has 0 fully saturated rings. The van der Waals surface area contributed by atoms with E-state index in [1.807, 2.05) is 31.2 Å². The summed E-state index contributed by atoms with van der Waals surface area (Å²) in [7, 11) is 0. The van der Waals surface area contributed by atoms with Crippen LogP contribution in [0.25, 0.3) is 22.2 Å². The second-order valence-corrected chi connectivity index (χ2v) is 4.19. The van der Waals surface area contributed by atoms with Gasteiger partial charge in [-0.15, -0.1) is 0 Å². The summed E-state index contributed by atoms with van der Waals surface area (Å²) in [5.74, 6) is -0.326. The first-order valence-electron chi connectivity index (χ1n) is 5.72. The maximum Gasteiger partial charge on any atom is 0.141 e. The van der Waals surface area contributed by atoms with E-state index < -0.39 is 0 Å². The summed E-state index contributed by atoms with van der Waals surface area (Å²) in [5.41, 5.74) is 3.82. The van der Waals surface area contributed by atoms with Crippen LogP contribution in [0.1, 0.15) is 5.56 Å². The molecule has 2 nitrogen and oxygen atoms in total. The third-order valence-electron chi connectivity index (χ3n) is 2.97. The number of benzene rings is 1. The second-order valence-electron chi connectivity index (χ2n) is 4.19. The van der Waals surface area contributed by atoms with Crippen LogP contribution in [0.5, 0.6) is 0 Å². The third kappa shape index (κ3) is 1.74. The molecular weight excluding hydrogens is 227 g/mol. The van der Waals surface area contributed by atoms with Crippen LogP contribution in [0, 0.1) is 12.7 Å². The summed E-state index contributed by atoms with van der Waals surface area (Å²) < 4.78 is 12.9. The van der Waals surface area contributed by atoms with Gasteiger partial charge in [0.25, 0.3) is 0 Å². The smallest absolute Gasteiger partial charge is 0.141 e. The van der Waals surface area contributed by atoms with Crippen LogP contribution in [-0.4, -0.2) is 9.97 Å². The van der Waals surface area contributed by atoms with E-state index in [0.717, 1.165) is 27.7 Å². The number of aromatic nitrogens is 2. The highest BCUT2D eigenvalue weighted by Gasteiger charge is 2.07. The summed E-state index contributed by atoms with van der Waals surface area (Å²) >= 11 is 0. The van der Waals surface area contributed by atoms with Crippen LogP contribution < -0.4 is 0 Å². The van der Waals surface area contributed by atoms with Crippen molar-refractivity contribution in [3.05, 3.63) is 60.2 Å². The lowest BCUT2D eigenvalue weighted by Gasteiger charge is -2.07. The Labute approximate surface area is 104 Å². The molecular formula is C15H11FN2. The molecule has 0 spiro atoms. The van der Waals surface area contributed by atoms with E-state index in [4.69, 9.17) is 0 Å². The van der Waals surface area contributed by atoms with Crippen molar-refractivity contribution >= 4 is 10.9 Å². The molecule has 2 heterocycles. The highest BCUT2D eigenvalue weighted by atomic mass is 19.1. The molecule has 0 aliphatic carbocycles. The summed E-state index contributed by atoms with van der Waals surface area (Å²) in [6.07, 6.45) is 3.01. The largest absolute Gasteiger partial charge is 0.256 e. The van der Waals surface area contributed by atoms with Crippen LogP contribution in [0.15, 0.2) is 48.8 Å². The highest BCUT2D eigenvalue weighted by Crippen LogP contribution is 2.27. The lowest BCUT2D eigenvalue weighted by molar-refractivity contribution is 0.622. The molecule has 18 heavy (non-hydrogen) atoms. The molecule has 0 amide bonds. The molecule has 0 atom stereocenters. The van der Waals surface area contributed by atoms with Crippen molar-refractivity contribution in [3.8, 4) is 11.3 Å². The number of nitrogens with zero attached hydrogens (tertiary/aromatic N) is 2. The fourth-order valence-electron chi connectivity index (χ4n) is 2.07. The fraction of sp³-hybridized carbons (Fsp3) is 0.0667. The van der Waals surface area contributed by atoms with Crippen molar-refractivity contribution in [2.24, 2.45) is 0 Å². The van der Waals surface area contributed by atoms with Crippen molar-refractivity contribution in [1.82, 2.24) is 9.97 Å². The van der Waals surface area contributed by atoms with Gasteiger partial charge >= 0.3 is 0 Å². The van der Waals surface area contributed by atoms with E-state index in [-0.39, 0.29) is 5.82 Å². The summed E-state index contributed by atoms with van der Waals surface area (Å²) in [5, 5.41) is 1.04. The lowest BCUT2D eigenvalue weighted by atomic mass is 10.0. The van der Waals surface area contributed by atoms with Gasteiger partial charge in [0.05, 0.1) is 17.4 Å². The zero-order valence-electron chi connectivity index (χ0n) is 9.89. The molecule has 0 aliphatic rings. The van der Waals surface area contributed by atoms with E-state index in [1.165, 1.54) is 12.3 Å². The first-order chi connectivity index (χ1) is 8.75. The minimum Gasteiger partial charge on any atom is -0.256 e. The minimum atomic E-state index is -0.326. The Hall–Kier alpha value is -2.29. The molecule has 0 aliphatic heterocycles. The predicted octanol–water partition coefficient (Wildman–Crippen LogP) is 3.74. The molecule has 3 rings (SSSR count). The van der Waals surface area contributed by atoms with Gasteiger partial charge in [-0.1, -0.05) is 18.2 Å². The first-order valence-corrected chi connectivity index (χ1v) is 5.72. The Balaban J connectivity index is 2.30. The SMILES string of the molecule is Cc1ccc(-c2ccc(F)cn2)c2cccnc12. The Morgan fingerprint density at radius 2 is 1.89 bits per heavy atom. The Kier molecular flexibility index (Phi) is 2.52. The first kappa shape index (κ1) is 10.8. The molecule has 88 valence electrons. The summed E-state index contributed by atoms with van der Waals surface area (Å²) in [6, 6.07) is 11.0. The Bertz CT molecular complexity index is 705. The van der Waals surface area contributed by atoms with Gasteiger partial charge in [0.1, 0.15) is 5.82 Å². The predicted molar refractivity (Wildman–Crippen MR) is 69.7 cm³/mol. The average molecular weight is 238 g/mol. The van der Waals surface area contributed by atoms with Gasteiger partial charge in [0.2, 0.25) is 0 Å². The monoisotopic (exact) mass is 238 g/mol. The zero-order chi connectivity index (χ0) is 12.5. The molecule has 0 bridgehead atoms. The van der Waals surface area contributed by atoms with Gasteiger partial charge in [-0.3, -0.25) is 9.97 Å². The maximum atomic E-state index is 12.9.